The van der Waals surface area contributed by atoms with Crippen molar-refractivity contribution >= 4 is 11.8 Å². The number of ether oxygens (including phenoxy) is 3. The predicted octanol–water partition coefficient (Wildman–Crippen LogP) is 2.37. The van der Waals surface area contributed by atoms with E-state index in [9.17, 15) is 14.0 Å². The van der Waals surface area contributed by atoms with E-state index in [1.807, 2.05) is 0 Å². The monoisotopic (exact) mass is 284 g/mol. The molecule has 0 aromatic heterocycles. The second kappa shape index (κ2) is 7.47. The normalized spacial score (nSPS) is 10.0. The molecule has 0 fully saturated rings. The zero-order valence-electron chi connectivity index (χ0n) is 11.7. The number of rotatable bonds is 7. The van der Waals surface area contributed by atoms with Gasteiger partial charge >= 0.3 is 5.97 Å². The number of halogens is 1. The third kappa shape index (κ3) is 3.69. The van der Waals surface area contributed by atoms with Crippen molar-refractivity contribution in [3.8, 4) is 11.5 Å². The van der Waals surface area contributed by atoms with Crippen LogP contribution in [-0.4, -0.2) is 32.1 Å². The lowest BCUT2D eigenvalue weighted by atomic mass is 10.1. The zero-order valence-corrected chi connectivity index (χ0v) is 11.7. The molecule has 0 amide bonds. The summed E-state index contributed by atoms with van der Waals surface area (Å²) in [6.07, 6.45) is -0.428. The Kier molecular flexibility index (Phi) is 5.96. The maximum Gasteiger partial charge on any atom is 0.313 e. The predicted molar refractivity (Wildman–Crippen MR) is 69.7 cm³/mol. The molecule has 0 aliphatic carbocycles. The maximum atomic E-state index is 13.6. The van der Waals surface area contributed by atoms with Gasteiger partial charge in [-0.2, -0.15) is 0 Å². The molecule has 0 radical (unpaired) electrons. The summed E-state index contributed by atoms with van der Waals surface area (Å²) < 4.78 is 28.5. The van der Waals surface area contributed by atoms with Gasteiger partial charge in [0.1, 0.15) is 6.42 Å². The summed E-state index contributed by atoms with van der Waals surface area (Å²) >= 11 is 0. The molecule has 0 atom stereocenters. The van der Waals surface area contributed by atoms with E-state index in [-0.39, 0.29) is 30.3 Å². The Morgan fingerprint density at radius 1 is 1.15 bits per heavy atom. The lowest BCUT2D eigenvalue weighted by molar-refractivity contribution is -0.141. The van der Waals surface area contributed by atoms with Gasteiger partial charge in [0.2, 0.25) is 0 Å². The molecule has 0 saturated carbocycles. The average molecular weight is 284 g/mol. The number of carbonyl (C=O) groups excluding carboxylic acids is 2. The summed E-state index contributed by atoms with van der Waals surface area (Å²) in [6, 6.07) is 2.37. The lowest BCUT2D eigenvalue weighted by Crippen LogP contribution is -2.13. The first-order valence-corrected chi connectivity index (χ1v) is 6.23. The number of hydrogen-bond acceptors (Lipinski definition) is 5. The van der Waals surface area contributed by atoms with Gasteiger partial charge < -0.3 is 14.2 Å². The molecule has 0 bridgehead atoms. The fourth-order valence-electron chi connectivity index (χ4n) is 1.67. The Morgan fingerprint density at radius 2 is 1.85 bits per heavy atom. The molecular formula is C14H17FO5. The molecule has 0 unspecified atom stereocenters. The molecule has 1 aromatic rings. The lowest BCUT2D eigenvalue weighted by Gasteiger charge is -2.13. The summed E-state index contributed by atoms with van der Waals surface area (Å²) in [5, 5.41) is 0. The van der Waals surface area contributed by atoms with Gasteiger partial charge in [0.05, 0.1) is 25.9 Å². The van der Waals surface area contributed by atoms with Crippen molar-refractivity contribution in [3.63, 3.8) is 0 Å². The second-order valence-electron chi connectivity index (χ2n) is 3.80. The molecule has 0 aliphatic rings. The minimum atomic E-state index is -0.636. The van der Waals surface area contributed by atoms with Crippen molar-refractivity contribution < 1.29 is 28.2 Å². The number of ketones is 1. The molecule has 0 N–H and O–H groups in total. The highest BCUT2D eigenvalue weighted by Crippen LogP contribution is 2.34. The standard InChI is InChI=1S/C14H17FO5/c1-4-19-12(17)8-11(16)9-6-7-10(15)14(18-3)13(9)20-5-2/h6-7H,4-5,8H2,1-3H3. The molecule has 1 rings (SSSR count). The van der Waals surface area contributed by atoms with Crippen LogP contribution < -0.4 is 9.47 Å². The second-order valence-corrected chi connectivity index (χ2v) is 3.80. The molecule has 0 aliphatic heterocycles. The topological polar surface area (TPSA) is 61.8 Å². The Labute approximate surface area is 116 Å². The van der Waals surface area contributed by atoms with E-state index in [1.165, 1.54) is 13.2 Å². The van der Waals surface area contributed by atoms with Crippen molar-refractivity contribution in [2.45, 2.75) is 20.3 Å². The number of benzene rings is 1. The van der Waals surface area contributed by atoms with Crippen LogP contribution in [0.4, 0.5) is 4.39 Å². The number of methoxy groups -OCH3 is 1. The zero-order chi connectivity index (χ0) is 15.1. The van der Waals surface area contributed by atoms with E-state index in [1.54, 1.807) is 13.8 Å². The highest BCUT2D eigenvalue weighted by atomic mass is 19.1. The van der Waals surface area contributed by atoms with E-state index in [0.717, 1.165) is 6.07 Å². The molecule has 5 nitrogen and oxygen atoms in total. The third-order valence-corrected chi connectivity index (χ3v) is 2.47. The van der Waals surface area contributed by atoms with Crippen LogP contribution >= 0.6 is 0 Å². The minimum absolute atomic E-state index is 0.00398. The number of Topliss-reactive ketones (excluding diaryl/α,β-unsaturated/α-hetero) is 1. The van der Waals surface area contributed by atoms with Crippen molar-refractivity contribution in [1.29, 1.82) is 0 Å². The quantitative estimate of drug-likeness (QED) is 0.437. The van der Waals surface area contributed by atoms with Gasteiger partial charge in [0, 0.05) is 0 Å². The first kappa shape index (κ1) is 15.9. The van der Waals surface area contributed by atoms with E-state index >= 15 is 0 Å². The summed E-state index contributed by atoms with van der Waals surface area (Å²) in [6.45, 7) is 3.77. The fourth-order valence-corrected chi connectivity index (χ4v) is 1.67. The molecular weight excluding hydrogens is 267 g/mol. The van der Waals surface area contributed by atoms with Crippen molar-refractivity contribution in [3.05, 3.63) is 23.5 Å². The van der Waals surface area contributed by atoms with Gasteiger partial charge in [0.25, 0.3) is 0 Å². The smallest absolute Gasteiger partial charge is 0.313 e. The van der Waals surface area contributed by atoms with Crippen LogP contribution in [0, 0.1) is 5.82 Å². The Hall–Kier alpha value is -2.11. The van der Waals surface area contributed by atoms with Gasteiger partial charge in [-0.05, 0) is 26.0 Å². The van der Waals surface area contributed by atoms with Crippen LogP contribution in [0.1, 0.15) is 30.6 Å². The van der Waals surface area contributed by atoms with Gasteiger partial charge in [-0.15, -0.1) is 0 Å². The van der Waals surface area contributed by atoms with Crippen LogP contribution in [0.25, 0.3) is 0 Å². The molecule has 6 heteroatoms. The van der Waals surface area contributed by atoms with Crippen molar-refractivity contribution in [2.75, 3.05) is 20.3 Å². The van der Waals surface area contributed by atoms with E-state index in [4.69, 9.17) is 14.2 Å². The van der Waals surface area contributed by atoms with E-state index < -0.39 is 24.0 Å². The van der Waals surface area contributed by atoms with Crippen LogP contribution in [0.15, 0.2) is 12.1 Å². The van der Waals surface area contributed by atoms with Gasteiger partial charge in [-0.25, -0.2) is 4.39 Å². The van der Waals surface area contributed by atoms with E-state index in [0.29, 0.717) is 0 Å². The maximum absolute atomic E-state index is 13.6. The summed E-state index contributed by atoms with van der Waals surface area (Å²) in [7, 11) is 1.28. The van der Waals surface area contributed by atoms with E-state index in [2.05, 4.69) is 0 Å². The number of carbonyl (C=O) groups is 2. The van der Waals surface area contributed by atoms with Crippen LogP contribution in [0.3, 0.4) is 0 Å². The highest BCUT2D eigenvalue weighted by Gasteiger charge is 2.22. The van der Waals surface area contributed by atoms with Crippen LogP contribution in [-0.2, 0) is 9.53 Å². The summed E-state index contributed by atoms with van der Waals surface area (Å²) in [5.41, 5.74) is 0.0955. The Morgan fingerprint density at radius 3 is 2.40 bits per heavy atom. The van der Waals surface area contributed by atoms with Crippen LogP contribution in [0.2, 0.25) is 0 Å². The molecule has 0 saturated heterocycles. The fraction of sp³-hybridized carbons (Fsp3) is 0.429. The minimum Gasteiger partial charge on any atom is -0.490 e. The number of hydrogen-bond donors (Lipinski definition) is 0. The van der Waals surface area contributed by atoms with Crippen molar-refractivity contribution in [2.24, 2.45) is 0 Å². The van der Waals surface area contributed by atoms with Crippen molar-refractivity contribution in [1.82, 2.24) is 0 Å². The van der Waals surface area contributed by atoms with Gasteiger partial charge in [-0.1, -0.05) is 0 Å². The first-order valence-electron chi connectivity index (χ1n) is 6.23. The summed E-state index contributed by atoms with van der Waals surface area (Å²) in [4.78, 5) is 23.4. The highest BCUT2D eigenvalue weighted by molar-refractivity contribution is 6.08. The van der Waals surface area contributed by atoms with Gasteiger partial charge in [-0.3, -0.25) is 9.59 Å². The first-order chi connectivity index (χ1) is 9.54. The molecule has 1 aromatic carbocycles. The average Bonchev–Trinajstić information content (AvgIpc) is 2.39. The summed E-state index contributed by atoms with van der Waals surface area (Å²) in [5.74, 6) is -1.93. The third-order valence-electron chi connectivity index (χ3n) is 2.47. The SMILES string of the molecule is CCOC(=O)CC(=O)c1ccc(F)c(OC)c1OCC. The molecule has 110 valence electrons. The Balaban J connectivity index is 3.10. The molecule has 0 heterocycles. The number of esters is 1. The molecule has 20 heavy (non-hydrogen) atoms. The Bertz CT molecular complexity index is 499. The van der Waals surface area contributed by atoms with Crippen LogP contribution in [0.5, 0.6) is 11.5 Å². The van der Waals surface area contributed by atoms with Gasteiger partial charge in [0.15, 0.2) is 23.1 Å². The molecule has 0 spiro atoms. The largest absolute Gasteiger partial charge is 0.490 e.